The fourth-order valence-electron chi connectivity index (χ4n) is 2.51. The molecule has 1 aromatic carbocycles. The highest BCUT2D eigenvalue weighted by atomic mass is 16.2. The Morgan fingerprint density at radius 1 is 1.04 bits per heavy atom. The summed E-state index contributed by atoms with van der Waals surface area (Å²) in [6.45, 7) is 10.8. The number of carbonyl (C=O) groups is 2. The van der Waals surface area contributed by atoms with Gasteiger partial charge in [0, 0.05) is 49.4 Å². The molecule has 0 saturated carbocycles. The lowest BCUT2D eigenvalue weighted by atomic mass is 9.95. The molecule has 1 saturated heterocycles. The van der Waals surface area contributed by atoms with Crippen LogP contribution in [0.1, 0.15) is 34.1 Å². The third-order valence-corrected chi connectivity index (χ3v) is 4.11. The van der Waals surface area contributed by atoms with Crippen LogP contribution in [0.4, 0.5) is 11.4 Å². The van der Waals surface area contributed by atoms with Crippen molar-refractivity contribution < 1.29 is 9.59 Å². The van der Waals surface area contributed by atoms with Crippen LogP contribution >= 0.6 is 0 Å². The molecule has 126 valence electrons. The molecule has 0 aliphatic carbocycles. The number of nitrogens with one attached hydrogen (secondary N) is 1. The van der Waals surface area contributed by atoms with Gasteiger partial charge in [0.15, 0.2) is 0 Å². The Morgan fingerprint density at radius 3 is 2.09 bits per heavy atom. The predicted octanol–water partition coefficient (Wildman–Crippen LogP) is 2.73. The predicted molar refractivity (Wildman–Crippen MR) is 93.6 cm³/mol. The Labute approximate surface area is 138 Å². The van der Waals surface area contributed by atoms with E-state index in [2.05, 4.69) is 10.2 Å². The zero-order valence-corrected chi connectivity index (χ0v) is 14.6. The van der Waals surface area contributed by atoms with Crippen molar-refractivity contribution in [3.8, 4) is 0 Å². The number of nitrogens with zero attached hydrogens (tertiary/aromatic N) is 2. The monoisotopic (exact) mass is 317 g/mol. The zero-order chi connectivity index (χ0) is 17.0. The van der Waals surface area contributed by atoms with E-state index in [1.165, 1.54) is 0 Å². The van der Waals surface area contributed by atoms with Crippen molar-refractivity contribution in [1.82, 2.24) is 4.90 Å². The van der Waals surface area contributed by atoms with Crippen molar-refractivity contribution in [3.63, 3.8) is 0 Å². The number of anilines is 2. The summed E-state index contributed by atoms with van der Waals surface area (Å²) >= 11 is 0. The van der Waals surface area contributed by atoms with E-state index in [0.717, 1.165) is 37.6 Å². The summed E-state index contributed by atoms with van der Waals surface area (Å²) in [7, 11) is 0. The van der Waals surface area contributed by atoms with Crippen molar-refractivity contribution in [2.75, 3.05) is 36.4 Å². The summed E-state index contributed by atoms with van der Waals surface area (Å²) in [6.07, 6.45) is 0.572. The maximum atomic E-state index is 12.0. The number of carbonyl (C=O) groups excluding carboxylic acids is 2. The average molecular weight is 317 g/mol. The van der Waals surface area contributed by atoms with Crippen LogP contribution in [0.15, 0.2) is 24.3 Å². The first-order valence-corrected chi connectivity index (χ1v) is 8.25. The molecule has 0 atom stereocenters. The maximum absolute atomic E-state index is 12.0. The lowest BCUT2D eigenvalue weighted by Gasteiger charge is -2.36. The minimum Gasteiger partial charge on any atom is -0.368 e. The van der Waals surface area contributed by atoms with Gasteiger partial charge in [-0.25, -0.2) is 0 Å². The van der Waals surface area contributed by atoms with E-state index in [9.17, 15) is 9.59 Å². The highest BCUT2D eigenvalue weighted by Gasteiger charge is 2.22. The summed E-state index contributed by atoms with van der Waals surface area (Å²) in [5, 5.41) is 2.93. The molecule has 0 unspecified atom stereocenters. The second-order valence-electron chi connectivity index (χ2n) is 6.97. The van der Waals surface area contributed by atoms with Gasteiger partial charge in [-0.1, -0.05) is 27.7 Å². The second-order valence-corrected chi connectivity index (χ2v) is 6.97. The number of rotatable bonds is 3. The van der Waals surface area contributed by atoms with Gasteiger partial charge in [0.05, 0.1) is 0 Å². The fourth-order valence-corrected chi connectivity index (χ4v) is 2.51. The van der Waals surface area contributed by atoms with Crippen molar-refractivity contribution in [2.45, 2.75) is 34.1 Å². The minimum atomic E-state index is -0.402. The number of hydrogen-bond donors (Lipinski definition) is 1. The van der Waals surface area contributed by atoms with E-state index in [1.54, 1.807) is 0 Å². The molecule has 1 aliphatic rings. The molecule has 5 heteroatoms. The maximum Gasteiger partial charge on any atom is 0.229 e. The second kappa shape index (κ2) is 7.02. The lowest BCUT2D eigenvalue weighted by Crippen LogP contribution is -2.48. The molecule has 2 rings (SSSR count). The van der Waals surface area contributed by atoms with E-state index < -0.39 is 5.41 Å². The van der Waals surface area contributed by atoms with E-state index >= 15 is 0 Å². The fraction of sp³-hybridized carbons (Fsp3) is 0.556. The van der Waals surface area contributed by atoms with Crippen LogP contribution < -0.4 is 10.2 Å². The summed E-state index contributed by atoms with van der Waals surface area (Å²) in [5.74, 6) is 0.238. The molecule has 5 nitrogen and oxygen atoms in total. The number of piperazine rings is 1. The standard InChI is InChI=1S/C18H27N3O2/c1-5-16(22)21-12-10-20(11-13-21)15-8-6-14(7-9-15)19-17(23)18(2,3)4/h6-9H,5,10-13H2,1-4H3,(H,19,23). The Morgan fingerprint density at radius 2 is 1.61 bits per heavy atom. The van der Waals surface area contributed by atoms with E-state index in [1.807, 2.05) is 56.9 Å². The van der Waals surface area contributed by atoms with Gasteiger partial charge in [0.2, 0.25) is 11.8 Å². The normalized spacial score (nSPS) is 15.5. The van der Waals surface area contributed by atoms with Crippen LogP contribution in [0.2, 0.25) is 0 Å². The molecule has 2 amide bonds. The van der Waals surface area contributed by atoms with E-state index in [-0.39, 0.29) is 11.8 Å². The Hall–Kier alpha value is -2.04. The third kappa shape index (κ3) is 4.47. The van der Waals surface area contributed by atoms with E-state index in [4.69, 9.17) is 0 Å². The summed E-state index contributed by atoms with van der Waals surface area (Å²) in [6, 6.07) is 7.91. The first kappa shape index (κ1) is 17.3. The van der Waals surface area contributed by atoms with Crippen LogP contribution in [0, 0.1) is 5.41 Å². The van der Waals surface area contributed by atoms with Crippen LogP contribution in [0.25, 0.3) is 0 Å². The van der Waals surface area contributed by atoms with Crippen LogP contribution in [-0.4, -0.2) is 42.9 Å². The first-order chi connectivity index (χ1) is 10.8. The highest BCUT2D eigenvalue weighted by Crippen LogP contribution is 2.22. The molecule has 0 spiro atoms. The molecular weight excluding hydrogens is 290 g/mol. The van der Waals surface area contributed by atoms with Crippen LogP contribution in [-0.2, 0) is 9.59 Å². The van der Waals surface area contributed by atoms with Gasteiger partial charge < -0.3 is 15.1 Å². The van der Waals surface area contributed by atoms with Crippen LogP contribution in [0.5, 0.6) is 0 Å². The van der Waals surface area contributed by atoms with Gasteiger partial charge in [0.25, 0.3) is 0 Å². The first-order valence-electron chi connectivity index (χ1n) is 8.25. The average Bonchev–Trinajstić information content (AvgIpc) is 2.54. The van der Waals surface area contributed by atoms with Gasteiger partial charge >= 0.3 is 0 Å². The molecule has 1 aromatic rings. The van der Waals surface area contributed by atoms with Crippen molar-refractivity contribution >= 4 is 23.2 Å². The van der Waals surface area contributed by atoms with Crippen molar-refractivity contribution in [1.29, 1.82) is 0 Å². The molecule has 0 bridgehead atoms. The van der Waals surface area contributed by atoms with Crippen molar-refractivity contribution in [3.05, 3.63) is 24.3 Å². The van der Waals surface area contributed by atoms with Gasteiger partial charge in [0.1, 0.15) is 0 Å². The molecule has 1 aliphatic heterocycles. The molecular formula is C18H27N3O2. The lowest BCUT2D eigenvalue weighted by molar-refractivity contribution is -0.131. The van der Waals surface area contributed by atoms with E-state index in [0.29, 0.717) is 6.42 Å². The molecule has 23 heavy (non-hydrogen) atoms. The molecule has 1 N–H and O–H groups in total. The quantitative estimate of drug-likeness (QED) is 0.932. The number of benzene rings is 1. The smallest absolute Gasteiger partial charge is 0.229 e. The summed E-state index contributed by atoms with van der Waals surface area (Å²) in [5.41, 5.74) is 1.54. The summed E-state index contributed by atoms with van der Waals surface area (Å²) < 4.78 is 0. The third-order valence-electron chi connectivity index (χ3n) is 4.11. The van der Waals surface area contributed by atoms with Crippen LogP contribution in [0.3, 0.4) is 0 Å². The molecule has 1 heterocycles. The number of hydrogen-bond acceptors (Lipinski definition) is 3. The van der Waals surface area contributed by atoms with Gasteiger partial charge in [-0.2, -0.15) is 0 Å². The Bertz CT molecular complexity index is 553. The molecule has 0 aromatic heterocycles. The van der Waals surface area contributed by atoms with Gasteiger partial charge in [-0.15, -0.1) is 0 Å². The van der Waals surface area contributed by atoms with Crippen molar-refractivity contribution in [2.24, 2.45) is 5.41 Å². The largest absolute Gasteiger partial charge is 0.368 e. The molecule has 1 fully saturated rings. The zero-order valence-electron chi connectivity index (χ0n) is 14.6. The molecule has 0 radical (unpaired) electrons. The SMILES string of the molecule is CCC(=O)N1CCN(c2ccc(NC(=O)C(C)(C)C)cc2)CC1. The minimum absolute atomic E-state index is 0.0111. The Kier molecular flexibility index (Phi) is 5.29. The Balaban J connectivity index is 1.93. The highest BCUT2D eigenvalue weighted by molar-refractivity contribution is 5.94. The topological polar surface area (TPSA) is 52.7 Å². The number of amides is 2. The van der Waals surface area contributed by atoms with Gasteiger partial charge in [-0.05, 0) is 24.3 Å². The van der Waals surface area contributed by atoms with Gasteiger partial charge in [-0.3, -0.25) is 9.59 Å². The summed E-state index contributed by atoms with van der Waals surface area (Å²) in [4.78, 5) is 27.9.